The summed E-state index contributed by atoms with van der Waals surface area (Å²) >= 11 is 0. The second kappa shape index (κ2) is 13.9. The zero-order chi connectivity index (χ0) is 30.3. The first kappa shape index (κ1) is 31.1. The minimum absolute atomic E-state index is 0.138. The average molecular weight is 597 g/mol. The van der Waals surface area contributed by atoms with Crippen LogP contribution in [0.4, 0.5) is 10.1 Å². The van der Waals surface area contributed by atoms with Crippen molar-refractivity contribution in [1.29, 1.82) is 0 Å². The van der Waals surface area contributed by atoms with Crippen LogP contribution in [0.5, 0.6) is 0 Å². The Hall–Kier alpha value is -3.80. The maximum absolute atomic E-state index is 14.1. The van der Waals surface area contributed by atoms with Gasteiger partial charge in [-0.2, -0.15) is 4.39 Å². The molecular weight excluding hydrogens is 562 g/mol. The molecule has 0 saturated carbocycles. The third-order valence-corrected chi connectivity index (χ3v) is 7.75. The Morgan fingerprint density at radius 1 is 1.10 bits per heavy atom. The van der Waals surface area contributed by atoms with Gasteiger partial charge in [-0.1, -0.05) is 6.08 Å². The summed E-state index contributed by atoms with van der Waals surface area (Å²) < 4.78 is 45.3. The number of fused-ring (bicyclic) bond motifs is 1. The number of carbonyl (C=O) groups excluding carboxylic acids is 1. The second-order valence-corrected chi connectivity index (χ2v) is 11.1. The monoisotopic (exact) mass is 596 g/mol. The number of hydrogen-bond acceptors (Lipinski definition) is 9. The lowest BCUT2D eigenvalue weighted by atomic mass is 10.0. The van der Waals surface area contributed by atoms with E-state index in [9.17, 15) is 13.8 Å². The van der Waals surface area contributed by atoms with Crippen molar-refractivity contribution >= 4 is 30.5 Å². The number of carbonyl (C=O) groups is 1. The molecule has 42 heavy (non-hydrogen) atoms. The Morgan fingerprint density at radius 2 is 1.83 bits per heavy atom. The Kier molecular flexibility index (Phi) is 10.3. The Bertz CT molecular complexity index is 1620. The van der Waals surface area contributed by atoms with Gasteiger partial charge in [0.15, 0.2) is 0 Å². The van der Waals surface area contributed by atoms with Crippen molar-refractivity contribution in [3.63, 3.8) is 0 Å². The minimum atomic E-state index is -3.85. The highest BCUT2D eigenvalue weighted by Crippen LogP contribution is 2.52. The van der Waals surface area contributed by atoms with Crippen molar-refractivity contribution in [2.24, 2.45) is 0 Å². The van der Waals surface area contributed by atoms with Crippen LogP contribution < -0.4 is 5.32 Å². The van der Waals surface area contributed by atoms with Crippen molar-refractivity contribution in [2.75, 3.05) is 39.2 Å². The minimum Gasteiger partial charge on any atom is -0.321 e. The number of likely N-dealkylation sites (N-methyl/N-ethyl adjacent to an activating group) is 1. The first-order chi connectivity index (χ1) is 20.1. The van der Waals surface area contributed by atoms with Gasteiger partial charge < -0.3 is 14.8 Å². The maximum atomic E-state index is 14.1. The number of nitrogens with one attached hydrogen (secondary N) is 1. The summed E-state index contributed by atoms with van der Waals surface area (Å²) in [5.41, 5.74) is 3.67. The number of halogens is 1. The van der Waals surface area contributed by atoms with E-state index in [1.54, 1.807) is 68.3 Å². The summed E-state index contributed by atoms with van der Waals surface area (Å²) in [6, 6.07) is 6.70. The predicted octanol–water partition coefficient (Wildman–Crippen LogP) is 6.07. The molecule has 0 spiro atoms. The van der Waals surface area contributed by atoms with E-state index < -0.39 is 20.0 Å². The fourth-order valence-corrected chi connectivity index (χ4v) is 5.54. The Balaban J connectivity index is 1.73. The van der Waals surface area contributed by atoms with Crippen LogP contribution in [0.2, 0.25) is 0 Å². The number of rotatable bonds is 13. The van der Waals surface area contributed by atoms with Gasteiger partial charge >= 0.3 is 7.82 Å². The van der Waals surface area contributed by atoms with Gasteiger partial charge in [0.2, 0.25) is 11.9 Å². The molecule has 222 valence electrons. The van der Waals surface area contributed by atoms with Crippen LogP contribution in [0.15, 0.2) is 67.4 Å². The van der Waals surface area contributed by atoms with Crippen molar-refractivity contribution in [2.45, 2.75) is 27.0 Å². The molecule has 1 amide bonds. The number of phosphoric acid groups is 1. The lowest BCUT2D eigenvalue weighted by Crippen LogP contribution is -2.13. The van der Waals surface area contributed by atoms with E-state index >= 15 is 0 Å². The molecule has 4 aromatic heterocycles. The zero-order valence-electron chi connectivity index (χ0n) is 24.2. The topological polar surface area (TPSA) is 121 Å². The first-order valence-electron chi connectivity index (χ1n) is 13.4. The molecule has 0 fully saturated rings. The van der Waals surface area contributed by atoms with Crippen molar-refractivity contribution in [3.05, 3.63) is 73.3 Å². The van der Waals surface area contributed by atoms with Gasteiger partial charge in [-0.15, -0.1) is 0 Å². The number of anilines is 1. The van der Waals surface area contributed by atoms with Crippen LogP contribution in [0.1, 0.15) is 27.0 Å². The van der Waals surface area contributed by atoms with Crippen LogP contribution in [0, 0.1) is 5.95 Å². The molecule has 0 saturated heterocycles. The normalized spacial score (nSPS) is 12.8. The largest absolute Gasteiger partial charge is 0.476 e. The molecule has 0 aliphatic heterocycles. The molecule has 0 radical (unpaired) electrons. The van der Waals surface area contributed by atoms with E-state index in [4.69, 9.17) is 13.6 Å². The fraction of sp³-hybridized carbons (Fsp3) is 0.310. The van der Waals surface area contributed by atoms with Crippen molar-refractivity contribution in [1.82, 2.24) is 24.4 Å². The second-order valence-electron chi connectivity index (χ2n) is 9.52. The van der Waals surface area contributed by atoms with Crippen LogP contribution in [0.3, 0.4) is 0 Å². The van der Waals surface area contributed by atoms with Crippen LogP contribution in [-0.4, -0.2) is 64.2 Å². The van der Waals surface area contributed by atoms with E-state index in [-0.39, 0.29) is 19.1 Å². The number of pyridine rings is 3. The molecule has 4 aromatic rings. The quantitative estimate of drug-likeness (QED) is 0.111. The van der Waals surface area contributed by atoms with Crippen LogP contribution >= 0.6 is 7.82 Å². The molecule has 0 aromatic carbocycles. The summed E-state index contributed by atoms with van der Waals surface area (Å²) in [5, 5.41) is 3.50. The Morgan fingerprint density at radius 3 is 2.52 bits per heavy atom. The van der Waals surface area contributed by atoms with Gasteiger partial charge in [0.1, 0.15) is 11.9 Å². The maximum Gasteiger partial charge on any atom is 0.476 e. The SMILES string of the molecule is CCOP(=O)(OCC)OC(C)n1cc(-c2ccnc(F)c2)c2cc(-c3cncc(NC(=O)/C=C/CN(C)C)c3)cnc21. The number of hydrogen-bond donors (Lipinski definition) is 1. The van der Waals surface area contributed by atoms with Gasteiger partial charge in [0, 0.05) is 65.6 Å². The molecule has 1 atom stereocenters. The highest BCUT2D eigenvalue weighted by molar-refractivity contribution is 7.48. The molecule has 1 N–H and O–H groups in total. The number of nitrogens with zero attached hydrogens (tertiary/aromatic N) is 5. The number of aromatic nitrogens is 4. The smallest absolute Gasteiger partial charge is 0.321 e. The lowest BCUT2D eigenvalue weighted by molar-refractivity contribution is -0.111. The predicted molar refractivity (Wildman–Crippen MR) is 159 cm³/mol. The molecular formula is C29H34FN6O5P. The third-order valence-electron chi connectivity index (χ3n) is 6.03. The van der Waals surface area contributed by atoms with Crippen LogP contribution in [-0.2, 0) is 22.9 Å². The van der Waals surface area contributed by atoms with Gasteiger partial charge in [-0.25, -0.2) is 14.5 Å². The zero-order valence-corrected chi connectivity index (χ0v) is 25.0. The molecule has 4 heterocycles. The van der Waals surface area contributed by atoms with E-state index in [0.717, 1.165) is 0 Å². The number of phosphoric ester groups is 1. The van der Waals surface area contributed by atoms with Crippen LogP contribution in [0.25, 0.3) is 33.3 Å². The van der Waals surface area contributed by atoms with Gasteiger partial charge in [-0.05, 0) is 58.6 Å². The van der Waals surface area contributed by atoms with E-state index in [0.29, 0.717) is 45.5 Å². The van der Waals surface area contributed by atoms with E-state index in [1.807, 2.05) is 25.1 Å². The average Bonchev–Trinajstić information content (AvgIpc) is 3.32. The van der Waals surface area contributed by atoms with Gasteiger partial charge in [0.25, 0.3) is 0 Å². The first-order valence-corrected chi connectivity index (χ1v) is 14.9. The highest BCUT2D eigenvalue weighted by Gasteiger charge is 2.30. The highest BCUT2D eigenvalue weighted by atomic mass is 31.2. The molecule has 0 aliphatic carbocycles. The van der Waals surface area contributed by atoms with Gasteiger partial charge in [0.05, 0.1) is 25.1 Å². The molecule has 13 heteroatoms. The summed E-state index contributed by atoms with van der Waals surface area (Å²) in [6.45, 7) is 6.00. The summed E-state index contributed by atoms with van der Waals surface area (Å²) in [5.74, 6) is -0.903. The molecule has 4 rings (SSSR count). The molecule has 0 bridgehead atoms. The molecule has 11 nitrogen and oxygen atoms in total. The fourth-order valence-electron chi connectivity index (χ4n) is 4.24. The van der Waals surface area contributed by atoms with Crippen molar-refractivity contribution in [3.8, 4) is 22.3 Å². The summed E-state index contributed by atoms with van der Waals surface area (Å²) in [4.78, 5) is 26.9. The van der Waals surface area contributed by atoms with E-state index in [2.05, 4.69) is 20.3 Å². The lowest BCUT2D eigenvalue weighted by Gasteiger charge is -2.22. The third kappa shape index (κ3) is 7.72. The Labute approximate surface area is 244 Å². The molecule has 1 unspecified atom stereocenters. The standard InChI is InChI=1S/C29H34FN6O5P/c1-6-39-42(38,40-7-2)41-20(3)36-19-26(21-10-11-32-27(30)15-21)25-14-23(17-33-29(25)36)22-13-24(18-31-16-22)34-28(37)9-8-12-35(4)5/h8-11,13-20H,6-7,12H2,1-5H3,(H,34,37)/b9-8+. The van der Waals surface area contributed by atoms with Crippen molar-refractivity contribution < 1.29 is 27.3 Å². The van der Waals surface area contributed by atoms with Gasteiger partial charge in [-0.3, -0.25) is 23.3 Å². The number of amides is 1. The van der Waals surface area contributed by atoms with E-state index in [1.165, 1.54) is 18.3 Å². The molecule has 0 aliphatic rings. The summed E-state index contributed by atoms with van der Waals surface area (Å²) in [7, 11) is -0.0134. The summed E-state index contributed by atoms with van der Waals surface area (Å²) in [6.07, 6.45) is 10.4.